The highest BCUT2D eigenvalue weighted by molar-refractivity contribution is 7.99. The van der Waals surface area contributed by atoms with Gasteiger partial charge in [0.2, 0.25) is 11.7 Å². The highest BCUT2D eigenvalue weighted by Crippen LogP contribution is 2.36. The van der Waals surface area contributed by atoms with E-state index in [2.05, 4.69) is 14.8 Å². The summed E-state index contributed by atoms with van der Waals surface area (Å²) in [5.74, 6) is 2.74. The van der Waals surface area contributed by atoms with Crippen molar-refractivity contribution in [2.45, 2.75) is 56.1 Å². The Morgan fingerprint density at radius 2 is 2.06 bits per heavy atom. The number of aromatic nitrogens is 3. The Labute approximate surface area is 192 Å². The quantitative estimate of drug-likeness (QED) is 0.483. The molecule has 5 rings (SSSR count). The van der Waals surface area contributed by atoms with Crippen LogP contribution in [0, 0.1) is 0 Å². The molecular weight excluding hydrogens is 424 g/mol. The third-order valence-corrected chi connectivity index (χ3v) is 7.30. The first-order chi connectivity index (χ1) is 15.7. The van der Waals surface area contributed by atoms with Crippen LogP contribution in [-0.4, -0.2) is 40.1 Å². The van der Waals surface area contributed by atoms with Crippen molar-refractivity contribution in [3.05, 3.63) is 42.2 Å². The lowest BCUT2D eigenvalue weighted by Gasteiger charge is -2.30. The zero-order valence-electron chi connectivity index (χ0n) is 18.3. The maximum absolute atomic E-state index is 13.2. The molecule has 0 unspecified atom stereocenters. The number of amides is 1. The number of carbonyl (C=O) groups is 1. The molecule has 1 saturated carbocycles. The third kappa shape index (κ3) is 4.16. The Kier molecular flexibility index (Phi) is 6.21. The highest BCUT2D eigenvalue weighted by Gasteiger charge is 2.27. The zero-order chi connectivity index (χ0) is 21.9. The minimum absolute atomic E-state index is 0.0962. The number of thioether (sulfide) groups is 1. The van der Waals surface area contributed by atoms with Crippen molar-refractivity contribution >= 4 is 23.4 Å². The van der Waals surface area contributed by atoms with Gasteiger partial charge in [-0.05, 0) is 61.6 Å². The van der Waals surface area contributed by atoms with Crippen LogP contribution >= 0.6 is 11.8 Å². The summed E-state index contributed by atoms with van der Waals surface area (Å²) in [5.41, 5.74) is 2.16. The van der Waals surface area contributed by atoms with Crippen LogP contribution in [0.1, 0.15) is 50.1 Å². The minimum Gasteiger partial charge on any atom is -0.497 e. The van der Waals surface area contributed by atoms with Gasteiger partial charge in [0, 0.05) is 18.3 Å². The molecule has 1 fully saturated rings. The number of fused-ring (bicyclic) bond motifs is 1. The summed E-state index contributed by atoms with van der Waals surface area (Å²) in [4.78, 5) is 15.1. The van der Waals surface area contributed by atoms with Gasteiger partial charge >= 0.3 is 0 Å². The summed E-state index contributed by atoms with van der Waals surface area (Å²) in [7, 11) is 1.67. The predicted octanol–water partition coefficient (Wildman–Crippen LogP) is 5.12. The first-order valence-electron chi connectivity index (χ1n) is 11.3. The third-order valence-electron chi connectivity index (χ3n) is 6.38. The molecule has 0 spiro atoms. The second-order valence-corrected chi connectivity index (χ2v) is 9.32. The van der Waals surface area contributed by atoms with E-state index in [4.69, 9.17) is 9.15 Å². The number of rotatable bonds is 6. The van der Waals surface area contributed by atoms with Crippen molar-refractivity contribution < 1.29 is 13.9 Å². The Morgan fingerprint density at radius 1 is 1.19 bits per heavy atom. The molecule has 1 aliphatic heterocycles. The molecule has 2 aliphatic rings. The number of hydrogen-bond donors (Lipinski definition) is 0. The van der Waals surface area contributed by atoms with Gasteiger partial charge in [-0.15, -0.1) is 10.2 Å². The number of methoxy groups -OCH3 is 1. The van der Waals surface area contributed by atoms with Gasteiger partial charge in [0.15, 0.2) is 10.9 Å². The Balaban J connectivity index is 1.36. The maximum Gasteiger partial charge on any atom is 0.237 e. The first-order valence-corrected chi connectivity index (χ1v) is 12.3. The van der Waals surface area contributed by atoms with Crippen LogP contribution < -0.4 is 9.64 Å². The molecule has 2 aromatic heterocycles. The van der Waals surface area contributed by atoms with Crippen LogP contribution in [0.15, 0.2) is 46.2 Å². The Bertz CT molecular complexity index is 1070. The molecule has 0 atom stereocenters. The number of anilines is 1. The summed E-state index contributed by atoms with van der Waals surface area (Å²) in [5, 5.41) is 9.69. The van der Waals surface area contributed by atoms with Gasteiger partial charge in [0.05, 0.1) is 19.1 Å². The van der Waals surface area contributed by atoms with E-state index in [1.165, 1.54) is 36.6 Å². The molecule has 3 heterocycles. The van der Waals surface area contributed by atoms with Gasteiger partial charge in [0.1, 0.15) is 5.75 Å². The van der Waals surface area contributed by atoms with E-state index in [0.717, 1.165) is 60.4 Å². The Hall–Kier alpha value is -2.74. The number of ether oxygens (including phenoxy) is 1. The summed E-state index contributed by atoms with van der Waals surface area (Å²) in [6.45, 7) is 0.742. The van der Waals surface area contributed by atoms with Crippen LogP contribution in [0.3, 0.4) is 0 Å². The molecule has 1 aromatic carbocycles. The number of furan rings is 1. The van der Waals surface area contributed by atoms with Gasteiger partial charge in [-0.25, -0.2) is 0 Å². The summed E-state index contributed by atoms with van der Waals surface area (Å²) >= 11 is 1.47. The lowest BCUT2D eigenvalue weighted by molar-refractivity contribution is -0.116. The fraction of sp³-hybridized carbons (Fsp3) is 0.458. The molecule has 168 valence electrons. The monoisotopic (exact) mass is 452 g/mol. The van der Waals surface area contributed by atoms with E-state index >= 15 is 0 Å². The van der Waals surface area contributed by atoms with E-state index in [-0.39, 0.29) is 5.91 Å². The van der Waals surface area contributed by atoms with Gasteiger partial charge in [-0.2, -0.15) is 0 Å². The van der Waals surface area contributed by atoms with Crippen LogP contribution in [-0.2, 0) is 11.2 Å². The lowest BCUT2D eigenvalue weighted by atomic mass is 9.95. The van der Waals surface area contributed by atoms with Crippen molar-refractivity contribution in [1.82, 2.24) is 14.8 Å². The Morgan fingerprint density at radius 3 is 2.84 bits per heavy atom. The summed E-state index contributed by atoms with van der Waals surface area (Å²) < 4.78 is 13.2. The highest BCUT2D eigenvalue weighted by atomic mass is 32.2. The number of benzene rings is 1. The maximum atomic E-state index is 13.2. The van der Waals surface area contributed by atoms with E-state index in [1.54, 1.807) is 13.4 Å². The second-order valence-electron chi connectivity index (χ2n) is 8.38. The van der Waals surface area contributed by atoms with Gasteiger partial charge < -0.3 is 14.1 Å². The van der Waals surface area contributed by atoms with Crippen molar-refractivity contribution in [2.75, 3.05) is 24.3 Å². The smallest absolute Gasteiger partial charge is 0.237 e. The zero-order valence-corrected chi connectivity index (χ0v) is 19.1. The van der Waals surface area contributed by atoms with Crippen molar-refractivity contribution in [3.8, 4) is 17.3 Å². The fourth-order valence-corrected chi connectivity index (χ4v) is 5.66. The largest absolute Gasteiger partial charge is 0.497 e. The van der Waals surface area contributed by atoms with Crippen molar-refractivity contribution in [1.29, 1.82) is 0 Å². The van der Waals surface area contributed by atoms with E-state index in [9.17, 15) is 4.79 Å². The van der Waals surface area contributed by atoms with E-state index < -0.39 is 0 Å². The molecule has 1 aliphatic carbocycles. The van der Waals surface area contributed by atoms with Crippen LogP contribution in [0.4, 0.5) is 5.69 Å². The van der Waals surface area contributed by atoms with Gasteiger partial charge in [0.25, 0.3) is 0 Å². The number of aryl methyl sites for hydroxylation is 1. The predicted molar refractivity (Wildman–Crippen MR) is 124 cm³/mol. The van der Waals surface area contributed by atoms with Crippen LogP contribution in [0.2, 0.25) is 0 Å². The van der Waals surface area contributed by atoms with E-state index in [1.807, 2.05) is 35.2 Å². The fourth-order valence-electron chi connectivity index (χ4n) is 4.78. The number of hydrogen-bond acceptors (Lipinski definition) is 6. The molecule has 3 aromatic rings. The molecule has 0 radical (unpaired) electrons. The molecule has 1 amide bonds. The summed E-state index contributed by atoms with van der Waals surface area (Å²) in [6, 6.07) is 10.1. The molecule has 0 saturated heterocycles. The molecule has 0 bridgehead atoms. The number of nitrogens with zero attached hydrogens (tertiary/aromatic N) is 4. The van der Waals surface area contributed by atoms with Crippen molar-refractivity contribution in [3.63, 3.8) is 0 Å². The van der Waals surface area contributed by atoms with Crippen molar-refractivity contribution in [2.24, 2.45) is 0 Å². The normalized spacial score (nSPS) is 16.7. The van der Waals surface area contributed by atoms with Crippen LogP contribution in [0.25, 0.3) is 11.6 Å². The SMILES string of the molecule is COc1ccc2c(c1)CCCN2C(=O)CSc1nnc(-c2ccco2)n1C1CCCCC1. The van der Waals surface area contributed by atoms with Gasteiger partial charge in [-0.1, -0.05) is 31.0 Å². The standard InChI is InChI=1S/C24H28N4O3S/c1-30-19-11-12-20-17(15-19)7-5-13-27(20)22(29)16-32-24-26-25-23(21-10-6-14-31-21)28(24)18-8-3-2-4-9-18/h6,10-12,14-15,18H,2-5,7-9,13,16H2,1H3. The average molecular weight is 453 g/mol. The van der Waals surface area contributed by atoms with Crippen LogP contribution in [0.5, 0.6) is 5.75 Å². The topological polar surface area (TPSA) is 73.4 Å². The van der Waals surface area contributed by atoms with E-state index in [0.29, 0.717) is 11.8 Å². The first kappa shape index (κ1) is 21.1. The number of carbonyl (C=O) groups excluding carboxylic acids is 1. The molecular formula is C24H28N4O3S. The molecule has 7 nitrogen and oxygen atoms in total. The summed E-state index contributed by atoms with van der Waals surface area (Å²) in [6.07, 6.45) is 9.48. The minimum atomic E-state index is 0.0962. The van der Waals surface area contributed by atoms with Gasteiger partial charge in [-0.3, -0.25) is 9.36 Å². The molecule has 32 heavy (non-hydrogen) atoms. The lowest BCUT2D eigenvalue weighted by Crippen LogP contribution is -2.36. The molecule has 0 N–H and O–H groups in total. The molecule has 8 heteroatoms. The second kappa shape index (κ2) is 9.40. The average Bonchev–Trinajstić information content (AvgIpc) is 3.52.